The van der Waals surface area contributed by atoms with E-state index in [1.807, 2.05) is 0 Å². The smallest absolute Gasteiger partial charge is 0.238 e. The van der Waals surface area contributed by atoms with Gasteiger partial charge in [0.15, 0.2) is 5.78 Å². The maximum absolute atomic E-state index is 12.9. The zero-order chi connectivity index (χ0) is 16.3. The summed E-state index contributed by atoms with van der Waals surface area (Å²) in [5.74, 6) is -0.230. The second-order valence-electron chi connectivity index (χ2n) is 6.45. The van der Waals surface area contributed by atoms with E-state index >= 15 is 0 Å². The van der Waals surface area contributed by atoms with Crippen molar-refractivity contribution in [1.29, 1.82) is 0 Å². The van der Waals surface area contributed by atoms with Crippen molar-refractivity contribution in [1.82, 2.24) is 0 Å². The van der Waals surface area contributed by atoms with E-state index in [1.54, 1.807) is 18.2 Å². The van der Waals surface area contributed by atoms with Gasteiger partial charge in [0.1, 0.15) is 5.75 Å². The Morgan fingerprint density at radius 2 is 1.74 bits per heavy atom. The van der Waals surface area contributed by atoms with E-state index in [-0.39, 0.29) is 41.3 Å². The zero-order valence-electron chi connectivity index (χ0n) is 13.0. The van der Waals surface area contributed by atoms with Gasteiger partial charge in [-0.25, -0.2) is 4.90 Å². The van der Waals surface area contributed by atoms with Gasteiger partial charge in [0.25, 0.3) is 0 Å². The molecule has 1 saturated heterocycles. The largest absolute Gasteiger partial charge is 0.495 e. The van der Waals surface area contributed by atoms with Crippen LogP contribution >= 0.6 is 0 Å². The summed E-state index contributed by atoms with van der Waals surface area (Å²) in [6, 6.07) is 4.85. The number of allylic oxidation sites excluding steroid dienone is 2. The Labute approximate surface area is 133 Å². The molecule has 5 nitrogen and oxygen atoms in total. The highest BCUT2D eigenvalue weighted by atomic mass is 16.5. The number of ketones is 1. The standard InChI is InChI=1S/C18H17NO4/c1-9(20)10-5-6-14(23-2)13(8-10)19-17(21)15-11-3-4-12(7-11)16(15)18(19)22/h3-6,8,11-12,15-16H,7H2,1-2H3. The number of carbonyl (C=O) groups is 3. The molecular weight excluding hydrogens is 294 g/mol. The number of carbonyl (C=O) groups excluding carboxylic acids is 3. The van der Waals surface area contributed by atoms with Crippen molar-refractivity contribution >= 4 is 23.3 Å². The van der Waals surface area contributed by atoms with E-state index in [2.05, 4.69) is 12.2 Å². The second-order valence-corrected chi connectivity index (χ2v) is 6.45. The van der Waals surface area contributed by atoms with Crippen LogP contribution in [-0.2, 0) is 9.59 Å². The molecule has 1 aliphatic heterocycles. The fourth-order valence-corrected chi connectivity index (χ4v) is 4.22. The van der Waals surface area contributed by atoms with Crippen molar-refractivity contribution in [2.75, 3.05) is 12.0 Å². The average Bonchev–Trinajstić information content (AvgIpc) is 3.21. The Balaban J connectivity index is 1.80. The number of fused-ring (bicyclic) bond motifs is 5. The highest BCUT2D eigenvalue weighted by molar-refractivity contribution is 6.23. The number of anilines is 1. The monoisotopic (exact) mass is 311 g/mol. The summed E-state index contributed by atoms with van der Waals surface area (Å²) in [4.78, 5) is 38.6. The van der Waals surface area contributed by atoms with Gasteiger partial charge >= 0.3 is 0 Å². The number of nitrogens with zero attached hydrogens (tertiary/aromatic N) is 1. The molecule has 23 heavy (non-hydrogen) atoms. The molecule has 2 aliphatic carbocycles. The molecule has 0 spiro atoms. The molecule has 2 amide bonds. The van der Waals surface area contributed by atoms with Crippen LogP contribution in [0.4, 0.5) is 5.69 Å². The summed E-state index contributed by atoms with van der Waals surface area (Å²) in [5.41, 5.74) is 0.837. The lowest BCUT2D eigenvalue weighted by atomic mass is 9.85. The number of Topliss-reactive ketones (excluding diaryl/α,β-unsaturated/α-hetero) is 1. The first-order valence-corrected chi connectivity index (χ1v) is 7.78. The lowest BCUT2D eigenvalue weighted by Gasteiger charge is -2.20. The van der Waals surface area contributed by atoms with E-state index in [4.69, 9.17) is 4.74 Å². The minimum atomic E-state index is -0.261. The Kier molecular flexibility index (Phi) is 2.95. The molecule has 118 valence electrons. The molecule has 4 unspecified atom stereocenters. The Morgan fingerprint density at radius 3 is 2.26 bits per heavy atom. The van der Waals surface area contributed by atoms with Crippen molar-refractivity contribution in [3.05, 3.63) is 35.9 Å². The van der Waals surface area contributed by atoms with Gasteiger partial charge in [0.2, 0.25) is 11.8 Å². The van der Waals surface area contributed by atoms with Gasteiger partial charge in [-0.3, -0.25) is 14.4 Å². The lowest BCUT2D eigenvalue weighted by molar-refractivity contribution is -0.123. The van der Waals surface area contributed by atoms with Gasteiger partial charge in [0.05, 0.1) is 24.6 Å². The molecule has 1 aromatic carbocycles. The summed E-state index contributed by atoms with van der Waals surface area (Å²) in [6.45, 7) is 1.46. The number of amides is 2. The van der Waals surface area contributed by atoms with Gasteiger partial charge in [0, 0.05) is 5.56 Å². The van der Waals surface area contributed by atoms with Crippen molar-refractivity contribution in [3.63, 3.8) is 0 Å². The third-order valence-corrected chi connectivity index (χ3v) is 5.30. The predicted octanol–water partition coefficient (Wildman–Crippen LogP) is 2.21. The summed E-state index contributed by atoms with van der Waals surface area (Å²) in [5, 5.41) is 0. The van der Waals surface area contributed by atoms with Crippen LogP contribution in [0.5, 0.6) is 5.75 Å². The third kappa shape index (κ3) is 1.82. The molecule has 4 atom stereocenters. The number of benzene rings is 1. The molecule has 2 fully saturated rings. The highest BCUT2D eigenvalue weighted by Gasteiger charge is 2.59. The lowest BCUT2D eigenvalue weighted by Crippen LogP contribution is -2.33. The van der Waals surface area contributed by atoms with Crippen molar-refractivity contribution in [2.45, 2.75) is 13.3 Å². The summed E-state index contributed by atoms with van der Waals surface area (Å²) >= 11 is 0. The second kappa shape index (κ2) is 4.78. The Morgan fingerprint density at radius 1 is 1.13 bits per heavy atom. The summed E-state index contributed by atoms with van der Waals surface area (Å²) in [7, 11) is 1.49. The van der Waals surface area contributed by atoms with Gasteiger partial charge in [-0.05, 0) is 43.4 Å². The van der Waals surface area contributed by atoms with Crippen LogP contribution in [-0.4, -0.2) is 24.7 Å². The number of hydrogen-bond donors (Lipinski definition) is 0. The van der Waals surface area contributed by atoms with E-state index < -0.39 is 0 Å². The number of ether oxygens (including phenoxy) is 1. The van der Waals surface area contributed by atoms with Crippen LogP contribution in [0, 0.1) is 23.7 Å². The van der Waals surface area contributed by atoms with Crippen LogP contribution in [0.25, 0.3) is 0 Å². The number of methoxy groups -OCH3 is 1. The van der Waals surface area contributed by atoms with Crippen molar-refractivity contribution in [2.24, 2.45) is 23.7 Å². The molecular formula is C18H17NO4. The first-order valence-electron chi connectivity index (χ1n) is 7.78. The quantitative estimate of drug-likeness (QED) is 0.488. The van der Waals surface area contributed by atoms with Crippen LogP contribution < -0.4 is 9.64 Å². The normalized spacial score (nSPS) is 31.0. The first kappa shape index (κ1) is 14.2. The molecule has 0 aromatic heterocycles. The molecule has 1 saturated carbocycles. The topological polar surface area (TPSA) is 63.7 Å². The zero-order valence-corrected chi connectivity index (χ0v) is 13.0. The van der Waals surface area contributed by atoms with Crippen molar-refractivity contribution in [3.8, 4) is 5.75 Å². The minimum Gasteiger partial charge on any atom is -0.495 e. The van der Waals surface area contributed by atoms with Gasteiger partial charge in [-0.2, -0.15) is 0 Å². The maximum atomic E-state index is 12.9. The molecule has 2 bridgehead atoms. The van der Waals surface area contributed by atoms with E-state index in [1.165, 1.54) is 18.9 Å². The summed E-state index contributed by atoms with van der Waals surface area (Å²) in [6.07, 6.45) is 5.01. The van der Waals surface area contributed by atoms with Gasteiger partial charge in [-0.1, -0.05) is 12.2 Å². The molecule has 0 radical (unpaired) electrons. The van der Waals surface area contributed by atoms with Crippen LogP contribution in [0.15, 0.2) is 30.4 Å². The highest BCUT2D eigenvalue weighted by Crippen LogP contribution is 2.53. The van der Waals surface area contributed by atoms with Crippen LogP contribution in [0.1, 0.15) is 23.7 Å². The average molecular weight is 311 g/mol. The van der Waals surface area contributed by atoms with Gasteiger partial charge < -0.3 is 4.74 Å². The number of imide groups is 1. The van der Waals surface area contributed by atoms with E-state index in [0.29, 0.717) is 17.0 Å². The molecule has 1 aromatic rings. The molecule has 1 heterocycles. The van der Waals surface area contributed by atoms with Crippen LogP contribution in [0.3, 0.4) is 0 Å². The molecule has 4 rings (SSSR count). The maximum Gasteiger partial charge on any atom is 0.238 e. The SMILES string of the molecule is COc1ccc(C(C)=O)cc1N1C(=O)C2C3C=CC(C3)C2C1=O. The first-order chi connectivity index (χ1) is 11.0. The fourth-order valence-electron chi connectivity index (χ4n) is 4.22. The fraction of sp³-hybridized carbons (Fsp3) is 0.389. The third-order valence-electron chi connectivity index (χ3n) is 5.30. The Bertz CT molecular complexity index is 736. The molecule has 0 N–H and O–H groups in total. The molecule has 5 heteroatoms. The number of hydrogen-bond acceptors (Lipinski definition) is 4. The summed E-state index contributed by atoms with van der Waals surface area (Å²) < 4.78 is 5.31. The van der Waals surface area contributed by atoms with E-state index in [0.717, 1.165) is 6.42 Å². The minimum absolute atomic E-state index is 0.116. The van der Waals surface area contributed by atoms with Crippen LogP contribution in [0.2, 0.25) is 0 Å². The number of rotatable bonds is 3. The Hall–Kier alpha value is -2.43. The van der Waals surface area contributed by atoms with Crippen molar-refractivity contribution < 1.29 is 19.1 Å². The van der Waals surface area contributed by atoms with E-state index in [9.17, 15) is 14.4 Å². The predicted molar refractivity (Wildman–Crippen MR) is 83.2 cm³/mol. The molecule has 3 aliphatic rings. The van der Waals surface area contributed by atoms with Gasteiger partial charge in [-0.15, -0.1) is 0 Å².